The van der Waals surface area contributed by atoms with Gasteiger partial charge in [-0.25, -0.2) is 0 Å². The molecule has 0 spiro atoms. The zero-order valence-electron chi connectivity index (χ0n) is 13.6. The molecule has 2 rings (SSSR count). The van der Waals surface area contributed by atoms with Gasteiger partial charge in [0.25, 0.3) is 0 Å². The van der Waals surface area contributed by atoms with Gasteiger partial charge < -0.3 is 10.1 Å². The van der Waals surface area contributed by atoms with Crippen molar-refractivity contribution in [3.63, 3.8) is 0 Å². The van der Waals surface area contributed by atoms with Gasteiger partial charge in [0.2, 0.25) is 0 Å². The molecule has 1 N–H and O–H groups in total. The van der Waals surface area contributed by atoms with Crippen molar-refractivity contribution < 1.29 is 4.74 Å². The van der Waals surface area contributed by atoms with Crippen molar-refractivity contribution in [2.24, 2.45) is 5.92 Å². The van der Waals surface area contributed by atoms with Crippen molar-refractivity contribution in [3.05, 3.63) is 30.3 Å². The summed E-state index contributed by atoms with van der Waals surface area (Å²) in [6, 6.07) is 10.8. The molecule has 3 nitrogen and oxygen atoms in total. The largest absolute Gasteiger partial charge is 0.494 e. The number of hydrogen-bond donors (Lipinski definition) is 1. The molecule has 0 saturated carbocycles. The first-order valence-electron chi connectivity index (χ1n) is 8.40. The predicted octanol–water partition coefficient (Wildman–Crippen LogP) is 3.17. The minimum atomic E-state index is 0.683. The van der Waals surface area contributed by atoms with Gasteiger partial charge in [-0.1, -0.05) is 32.0 Å². The maximum absolute atomic E-state index is 5.76. The molecule has 3 heteroatoms. The van der Waals surface area contributed by atoms with Gasteiger partial charge in [-0.15, -0.1) is 0 Å². The molecule has 0 aliphatic carbocycles. The molecule has 1 aromatic rings. The standard InChI is InChI=1S/C18H30N2O/c1-16(2)18-15-19-11-8-13-20(18)12-6-7-14-21-17-9-4-3-5-10-17/h3-5,9-10,16,18-19H,6-8,11-15H2,1-2H3. The van der Waals surface area contributed by atoms with Crippen LogP contribution in [0.15, 0.2) is 30.3 Å². The van der Waals surface area contributed by atoms with Gasteiger partial charge in [-0.2, -0.15) is 0 Å². The summed E-state index contributed by atoms with van der Waals surface area (Å²) in [6.45, 7) is 10.2. The van der Waals surface area contributed by atoms with Crippen molar-refractivity contribution >= 4 is 0 Å². The third-order valence-corrected chi connectivity index (χ3v) is 4.24. The van der Waals surface area contributed by atoms with E-state index in [2.05, 4.69) is 24.1 Å². The summed E-state index contributed by atoms with van der Waals surface area (Å²) >= 11 is 0. The normalized spacial score (nSPS) is 20.4. The molecule has 1 aliphatic heterocycles. The second kappa shape index (κ2) is 9.06. The fraction of sp³-hybridized carbons (Fsp3) is 0.667. The first kappa shape index (κ1) is 16.3. The molecular weight excluding hydrogens is 260 g/mol. The Balaban J connectivity index is 1.66. The van der Waals surface area contributed by atoms with E-state index in [0.29, 0.717) is 6.04 Å². The van der Waals surface area contributed by atoms with Crippen LogP contribution in [0.3, 0.4) is 0 Å². The summed E-state index contributed by atoms with van der Waals surface area (Å²) in [5.41, 5.74) is 0. The molecule has 0 bridgehead atoms. The fourth-order valence-electron chi connectivity index (χ4n) is 3.01. The average Bonchev–Trinajstić information content (AvgIpc) is 2.73. The van der Waals surface area contributed by atoms with Crippen LogP contribution in [0.2, 0.25) is 0 Å². The van der Waals surface area contributed by atoms with Crippen LogP contribution in [-0.4, -0.2) is 43.7 Å². The Morgan fingerprint density at radius 2 is 2.05 bits per heavy atom. The second-order valence-corrected chi connectivity index (χ2v) is 6.27. The second-order valence-electron chi connectivity index (χ2n) is 6.27. The van der Waals surface area contributed by atoms with Gasteiger partial charge in [-0.3, -0.25) is 4.90 Å². The number of nitrogens with zero attached hydrogens (tertiary/aromatic N) is 1. The van der Waals surface area contributed by atoms with Crippen LogP contribution in [0.25, 0.3) is 0 Å². The quantitative estimate of drug-likeness (QED) is 0.781. The summed E-state index contributed by atoms with van der Waals surface area (Å²) in [4.78, 5) is 2.67. The van der Waals surface area contributed by atoms with E-state index in [1.165, 1.54) is 25.9 Å². The molecule has 21 heavy (non-hydrogen) atoms. The van der Waals surface area contributed by atoms with Gasteiger partial charge in [0.15, 0.2) is 0 Å². The fourth-order valence-corrected chi connectivity index (χ4v) is 3.01. The molecular formula is C18H30N2O. The molecule has 1 saturated heterocycles. The monoisotopic (exact) mass is 290 g/mol. The lowest BCUT2D eigenvalue weighted by atomic mass is 10.0. The van der Waals surface area contributed by atoms with Crippen molar-refractivity contribution in [1.29, 1.82) is 0 Å². The highest BCUT2D eigenvalue weighted by Crippen LogP contribution is 2.14. The Morgan fingerprint density at radius 1 is 1.24 bits per heavy atom. The minimum absolute atomic E-state index is 0.683. The van der Waals surface area contributed by atoms with Crippen LogP contribution >= 0.6 is 0 Å². The van der Waals surface area contributed by atoms with Crippen LogP contribution in [0, 0.1) is 5.92 Å². The number of hydrogen-bond acceptors (Lipinski definition) is 3. The molecule has 0 aromatic heterocycles. The number of unbranched alkanes of at least 4 members (excludes halogenated alkanes) is 1. The third-order valence-electron chi connectivity index (χ3n) is 4.24. The van der Waals surface area contributed by atoms with Crippen LogP contribution in [0.1, 0.15) is 33.1 Å². The first-order chi connectivity index (χ1) is 10.3. The zero-order valence-corrected chi connectivity index (χ0v) is 13.6. The number of para-hydroxylation sites is 1. The summed E-state index contributed by atoms with van der Waals surface area (Å²) < 4.78 is 5.76. The molecule has 1 fully saturated rings. The van der Waals surface area contributed by atoms with Crippen molar-refractivity contribution in [2.45, 2.75) is 39.2 Å². The van der Waals surface area contributed by atoms with E-state index in [4.69, 9.17) is 4.74 Å². The Bertz CT molecular complexity index is 380. The van der Waals surface area contributed by atoms with E-state index < -0.39 is 0 Å². The molecule has 0 amide bonds. The van der Waals surface area contributed by atoms with Gasteiger partial charge in [0.1, 0.15) is 5.75 Å². The molecule has 1 atom stereocenters. The summed E-state index contributed by atoms with van der Waals surface area (Å²) in [7, 11) is 0. The van der Waals surface area contributed by atoms with E-state index in [1.54, 1.807) is 0 Å². The Morgan fingerprint density at radius 3 is 2.81 bits per heavy atom. The lowest BCUT2D eigenvalue weighted by molar-refractivity contribution is 0.160. The van der Waals surface area contributed by atoms with Crippen LogP contribution in [-0.2, 0) is 0 Å². The minimum Gasteiger partial charge on any atom is -0.494 e. The highest BCUT2D eigenvalue weighted by atomic mass is 16.5. The summed E-state index contributed by atoms with van der Waals surface area (Å²) in [5.74, 6) is 1.70. The molecule has 0 radical (unpaired) electrons. The Labute approximate surface area is 129 Å². The summed E-state index contributed by atoms with van der Waals surface area (Å²) in [6.07, 6.45) is 3.61. The molecule has 1 aliphatic rings. The smallest absolute Gasteiger partial charge is 0.119 e. The lowest BCUT2D eigenvalue weighted by Gasteiger charge is -2.32. The van der Waals surface area contributed by atoms with Gasteiger partial charge in [0, 0.05) is 12.6 Å². The molecule has 1 heterocycles. The SMILES string of the molecule is CC(C)C1CNCCCN1CCCCOc1ccccc1. The van der Waals surface area contributed by atoms with Crippen molar-refractivity contribution in [3.8, 4) is 5.75 Å². The predicted molar refractivity (Wildman–Crippen MR) is 88.9 cm³/mol. The lowest BCUT2D eigenvalue weighted by Crippen LogP contribution is -2.43. The number of rotatable bonds is 7. The van der Waals surface area contributed by atoms with Crippen LogP contribution < -0.4 is 10.1 Å². The molecule has 1 unspecified atom stereocenters. The Hall–Kier alpha value is -1.06. The average molecular weight is 290 g/mol. The summed E-state index contributed by atoms with van der Waals surface area (Å²) in [5, 5.41) is 3.57. The Kier molecular flexibility index (Phi) is 7.04. The van der Waals surface area contributed by atoms with E-state index in [0.717, 1.165) is 37.8 Å². The van der Waals surface area contributed by atoms with E-state index >= 15 is 0 Å². The number of benzene rings is 1. The first-order valence-corrected chi connectivity index (χ1v) is 8.40. The number of ether oxygens (including phenoxy) is 1. The zero-order chi connectivity index (χ0) is 14.9. The maximum Gasteiger partial charge on any atom is 0.119 e. The van der Waals surface area contributed by atoms with Gasteiger partial charge in [-0.05, 0) is 56.9 Å². The maximum atomic E-state index is 5.76. The van der Waals surface area contributed by atoms with Gasteiger partial charge in [0.05, 0.1) is 6.61 Å². The van der Waals surface area contributed by atoms with E-state index in [-0.39, 0.29) is 0 Å². The van der Waals surface area contributed by atoms with Crippen molar-refractivity contribution in [2.75, 3.05) is 32.8 Å². The topological polar surface area (TPSA) is 24.5 Å². The third kappa shape index (κ3) is 5.68. The number of nitrogens with one attached hydrogen (secondary N) is 1. The molecule has 118 valence electrons. The highest BCUT2D eigenvalue weighted by molar-refractivity contribution is 5.20. The highest BCUT2D eigenvalue weighted by Gasteiger charge is 2.22. The van der Waals surface area contributed by atoms with E-state index in [9.17, 15) is 0 Å². The molecule has 1 aromatic carbocycles. The van der Waals surface area contributed by atoms with Crippen molar-refractivity contribution in [1.82, 2.24) is 10.2 Å². The van der Waals surface area contributed by atoms with Crippen LogP contribution in [0.5, 0.6) is 5.75 Å². The van der Waals surface area contributed by atoms with Crippen LogP contribution in [0.4, 0.5) is 0 Å². The van der Waals surface area contributed by atoms with Gasteiger partial charge >= 0.3 is 0 Å². The van der Waals surface area contributed by atoms with E-state index in [1.807, 2.05) is 30.3 Å².